The first-order chi connectivity index (χ1) is 7.78. The summed E-state index contributed by atoms with van der Waals surface area (Å²) in [4.78, 5) is 5.65. The number of thiazole rings is 1. The predicted molar refractivity (Wildman–Crippen MR) is 73.2 cm³/mol. The maximum absolute atomic E-state index is 4.28. The van der Waals surface area contributed by atoms with Gasteiger partial charge in [-0.25, -0.2) is 4.98 Å². The topological polar surface area (TPSA) is 24.9 Å². The minimum Gasteiger partial charge on any atom is -0.309 e. The monoisotopic (exact) mass is 256 g/mol. The van der Waals surface area contributed by atoms with E-state index in [1.54, 1.807) is 11.3 Å². The molecule has 1 aromatic rings. The number of nitrogens with zero attached hydrogens (tertiary/aromatic N) is 1. The minimum absolute atomic E-state index is 0.728. The zero-order valence-corrected chi connectivity index (χ0v) is 11.7. The largest absolute Gasteiger partial charge is 0.309 e. The molecule has 0 spiro atoms. The molecule has 0 aliphatic heterocycles. The Kier molecular flexibility index (Phi) is 4.67. The van der Waals surface area contributed by atoms with Crippen molar-refractivity contribution in [3.05, 3.63) is 16.1 Å². The Morgan fingerprint density at radius 1 is 1.56 bits per heavy atom. The second-order valence-corrected chi connectivity index (χ2v) is 7.21. The van der Waals surface area contributed by atoms with E-state index < -0.39 is 0 Å². The van der Waals surface area contributed by atoms with Gasteiger partial charge in [-0.1, -0.05) is 6.92 Å². The highest BCUT2D eigenvalue weighted by molar-refractivity contribution is 7.99. The van der Waals surface area contributed by atoms with Crippen LogP contribution in [0.2, 0.25) is 0 Å². The van der Waals surface area contributed by atoms with Crippen molar-refractivity contribution < 1.29 is 0 Å². The first kappa shape index (κ1) is 12.4. The van der Waals surface area contributed by atoms with Crippen molar-refractivity contribution in [2.75, 3.05) is 5.75 Å². The molecule has 0 aromatic carbocycles. The first-order valence-corrected chi connectivity index (χ1v) is 7.90. The Morgan fingerprint density at radius 3 is 3.12 bits per heavy atom. The summed E-state index contributed by atoms with van der Waals surface area (Å²) in [5.41, 5.74) is 0. The minimum atomic E-state index is 0.728. The standard InChI is InChI=1S/C12H20N2S2/c1-3-15-11-5-4-10(6-11)14-8-12-7-13-9(2)16-12/h7,10-11,14H,3-6,8H2,1-2H3. The Hall–Kier alpha value is -0.0600. The lowest BCUT2D eigenvalue weighted by atomic mass is 10.2. The number of thioether (sulfide) groups is 1. The average molecular weight is 256 g/mol. The molecule has 2 unspecified atom stereocenters. The Balaban J connectivity index is 1.71. The van der Waals surface area contributed by atoms with Gasteiger partial charge in [0.25, 0.3) is 0 Å². The summed E-state index contributed by atoms with van der Waals surface area (Å²) in [6.07, 6.45) is 6.07. The molecular weight excluding hydrogens is 236 g/mol. The third-order valence-corrected chi connectivity index (χ3v) is 5.17. The van der Waals surface area contributed by atoms with Crippen LogP contribution in [-0.2, 0) is 6.54 Å². The van der Waals surface area contributed by atoms with Crippen LogP contribution in [0.25, 0.3) is 0 Å². The van der Waals surface area contributed by atoms with Crippen molar-refractivity contribution in [1.82, 2.24) is 10.3 Å². The molecule has 2 rings (SSSR count). The molecule has 0 saturated heterocycles. The Labute approximate surface area is 106 Å². The van der Waals surface area contributed by atoms with Gasteiger partial charge in [0.2, 0.25) is 0 Å². The van der Waals surface area contributed by atoms with Crippen LogP contribution in [0.4, 0.5) is 0 Å². The normalized spacial score (nSPS) is 25.1. The van der Waals surface area contributed by atoms with Crippen molar-refractivity contribution in [2.45, 2.75) is 50.9 Å². The second kappa shape index (κ2) is 6.03. The number of hydrogen-bond donors (Lipinski definition) is 1. The molecule has 16 heavy (non-hydrogen) atoms. The fraction of sp³-hybridized carbons (Fsp3) is 0.750. The SMILES string of the molecule is CCSC1CCC(NCc2cnc(C)s2)C1. The summed E-state index contributed by atoms with van der Waals surface area (Å²) >= 11 is 3.92. The van der Waals surface area contributed by atoms with Crippen molar-refractivity contribution in [1.29, 1.82) is 0 Å². The summed E-state index contributed by atoms with van der Waals surface area (Å²) in [7, 11) is 0. The molecule has 4 heteroatoms. The van der Waals surface area contributed by atoms with E-state index >= 15 is 0 Å². The van der Waals surface area contributed by atoms with Gasteiger partial charge in [0.15, 0.2) is 0 Å². The molecule has 1 aliphatic rings. The molecule has 0 amide bonds. The van der Waals surface area contributed by atoms with E-state index in [-0.39, 0.29) is 0 Å². The van der Waals surface area contributed by atoms with E-state index in [1.807, 2.05) is 6.20 Å². The lowest BCUT2D eigenvalue weighted by molar-refractivity contribution is 0.528. The van der Waals surface area contributed by atoms with Gasteiger partial charge in [-0.2, -0.15) is 11.8 Å². The quantitative estimate of drug-likeness (QED) is 0.875. The van der Waals surface area contributed by atoms with Gasteiger partial charge in [0.1, 0.15) is 0 Å². The molecule has 1 saturated carbocycles. The van der Waals surface area contributed by atoms with Gasteiger partial charge in [0.05, 0.1) is 5.01 Å². The fourth-order valence-electron chi connectivity index (χ4n) is 2.24. The van der Waals surface area contributed by atoms with E-state index in [4.69, 9.17) is 0 Å². The number of nitrogens with one attached hydrogen (secondary N) is 1. The van der Waals surface area contributed by atoms with Crippen LogP contribution in [-0.4, -0.2) is 22.0 Å². The zero-order valence-electron chi connectivity index (χ0n) is 10.0. The molecular formula is C12H20N2S2. The fourth-order valence-corrected chi connectivity index (χ4v) is 4.13. The lowest BCUT2D eigenvalue weighted by Crippen LogP contribution is -2.25. The van der Waals surface area contributed by atoms with E-state index in [2.05, 4.69) is 35.9 Å². The van der Waals surface area contributed by atoms with Crippen molar-refractivity contribution in [3.63, 3.8) is 0 Å². The number of aryl methyl sites for hydroxylation is 1. The molecule has 2 atom stereocenters. The van der Waals surface area contributed by atoms with Crippen molar-refractivity contribution >= 4 is 23.1 Å². The smallest absolute Gasteiger partial charge is 0.0897 e. The summed E-state index contributed by atoms with van der Waals surface area (Å²) in [5.74, 6) is 1.26. The maximum Gasteiger partial charge on any atom is 0.0897 e. The van der Waals surface area contributed by atoms with Gasteiger partial charge in [-0.3, -0.25) is 0 Å². The zero-order chi connectivity index (χ0) is 11.4. The van der Waals surface area contributed by atoms with Crippen LogP contribution in [0.15, 0.2) is 6.20 Å². The van der Waals surface area contributed by atoms with E-state index in [9.17, 15) is 0 Å². The lowest BCUT2D eigenvalue weighted by Gasteiger charge is -2.11. The van der Waals surface area contributed by atoms with E-state index in [1.165, 1.54) is 34.9 Å². The molecule has 1 aromatic heterocycles. The van der Waals surface area contributed by atoms with Gasteiger partial charge in [0, 0.05) is 28.9 Å². The van der Waals surface area contributed by atoms with Crippen LogP contribution in [0.5, 0.6) is 0 Å². The summed E-state index contributed by atoms with van der Waals surface area (Å²) < 4.78 is 0. The summed E-state index contributed by atoms with van der Waals surface area (Å²) in [6, 6.07) is 0.728. The second-order valence-electron chi connectivity index (χ2n) is 4.31. The molecule has 0 bridgehead atoms. The molecule has 90 valence electrons. The number of rotatable bonds is 5. The highest BCUT2D eigenvalue weighted by Crippen LogP contribution is 2.29. The molecule has 1 N–H and O–H groups in total. The van der Waals surface area contributed by atoms with Crippen LogP contribution in [0.1, 0.15) is 36.1 Å². The van der Waals surface area contributed by atoms with Gasteiger partial charge >= 0.3 is 0 Å². The van der Waals surface area contributed by atoms with Crippen LogP contribution in [0.3, 0.4) is 0 Å². The van der Waals surface area contributed by atoms with Crippen LogP contribution >= 0.6 is 23.1 Å². The van der Waals surface area contributed by atoms with Gasteiger partial charge < -0.3 is 5.32 Å². The maximum atomic E-state index is 4.28. The third-order valence-electron chi connectivity index (χ3n) is 3.02. The number of aromatic nitrogens is 1. The van der Waals surface area contributed by atoms with Gasteiger partial charge in [-0.15, -0.1) is 11.3 Å². The number of hydrogen-bond acceptors (Lipinski definition) is 4. The Bertz CT molecular complexity index is 325. The highest BCUT2D eigenvalue weighted by Gasteiger charge is 2.23. The molecule has 2 nitrogen and oxygen atoms in total. The van der Waals surface area contributed by atoms with E-state index in [0.29, 0.717) is 0 Å². The first-order valence-electron chi connectivity index (χ1n) is 6.04. The third kappa shape index (κ3) is 3.47. The molecule has 1 aliphatic carbocycles. The van der Waals surface area contributed by atoms with Gasteiger partial charge in [-0.05, 0) is 31.9 Å². The summed E-state index contributed by atoms with van der Waals surface area (Å²) in [6.45, 7) is 5.32. The summed E-state index contributed by atoms with van der Waals surface area (Å²) in [5, 5.41) is 5.72. The molecule has 1 fully saturated rings. The van der Waals surface area contributed by atoms with E-state index in [0.717, 1.165) is 17.8 Å². The highest BCUT2D eigenvalue weighted by atomic mass is 32.2. The van der Waals surface area contributed by atoms with Crippen molar-refractivity contribution in [2.24, 2.45) is 0 Å². The van der Waals surface area contributed by atoms with Crippen molar-refractivity contribution in [3.8, 4) is 0 Å². The van der Waals surface area contributed by atoms with Crippen LogP contribution < -0.4 is 5.32 Å². The molecule has 0 radical (unpaired) electrons. The molecule has 1 heterocycles. The Morgan fingerprint density at radius 2 is 2.44 bits per heavy atom. The van der Waals surface area contributed by atoms with Crippen LogP contribution in [0, 0.1) is 6.92 Å². The predicted octanol–water partition coefficient (Wildman–Crippen LogP) is 3.22. The average Bonchev–Trinajstić information content (AvgIpc) is 2.85.